The fraction of sp³-hybridized carbons (Fsp3) is 0.688. The van der Waals surface area contributed by atoms with Crippen molar-refractivity contribution in [1.29, 1.82) is 0 Å². The number of hydrogen-bond acceptors (Lipinski definition) is 15. The van der Waals surface area contributed by atoms with Gasteiger partial charge in [0.25, 0.3) is 17.7 Å². The molecule has 2 heterocycles. The van der Waals surface area contributed by atoms with E-state index in [0.29, 0.717) is 43.8 Å². The molecule has 0 saturated carbocycles. The van der Waals surface area contributed by atoms with E-state index in [2.05, 4.69) is 0 Å². The monoisotopic (exact) mass is 1180 g/mol. The van der Waals surface area contributed by atoms with Crippen LogP contribution < -0.4 is 0 Å². The van der Waals surface area contributed by atoms with E-state index < -0.39 is 119 Å². The SMILES string of the molecule is C[C@@H](OC(=O)C(CC(C)(C)C)N(C)C(=O)[C@@H](Cc1ccc(C2CCOCC2)cc1)OC(=O)C(CC(C)(C)F)N(C)C)C(=O)N(C)C(CC(C)(C)F)C(=O)O[C@H](Cc1ccc(C2CCOCC2)cc1)C(=O)N(C)C(CC(C)(C)C)C(=O)OCC=O. The molecule has 0 aromatic heterocycles. The second-order valence-electron chi connectivity index (χ2n) is 26.6. The first-order valence-electron chi connectivity index (χ1n) is 29.4. The molecular formula is C64H96F2N4O14. The highest BCUT2D eigenvalue weighted by Crippen LogP contribution is 2.32. The first-order valence-corrected chi connectivity index (χ1v) is 29.4. The van der Waals surface area contributed by atoms with E-state index in [1.165, 1.54) is 60.7 Å². The van der Waals surface area contributed by atoms with E-state index in [0.717, 1.165) is 51.5 Å². The molecule has 84 heavy (non-hydrogen) atoms. The smallest absolute Gasteiger partial charge is 0.329 e. The highest BCUT2D eigenvalue weighted by atomic mass is 19.1. The first-order chi connectivity index (χ1) is 39.0. The van der Waals surface area contributed by atoms with Crippen LogP contribution in [0.2, 0.25) is 0 Å². The number of ether oxygens (including phenoxy) is 6. The summed E-state index contributed by atoms with van der Waals surface area (Å²) in [5.74, 6) is -5.86. The molecule has 0 spiro atoms. The van der Waals surface area contributed by atoms with E-state index in [1.54, 1.807) is 14.1 Å². The van der Waals surface area contributed by atoms with Gasteiger partial charge in [-0.15, -0.1) is 0 Å². The molecule has 2 aliphatic heterocycles. The van der Waals surface area contributed by atoms with E-state index >= 15 is 8.78 Å². The van der Waals surface area contributed by atoms with Gasteiger partial charge in [-0.3, -0.25) is 28.9 Å². The number of carbonyl (C=O) groups is 8. The van der Waals surface area contributed by atoms with Crippen LogP contribution >= 0.6 is 0 Å². The number of alkyl halides is 2. The lowest BCUT2D eigenvalue weighted by atomic mass is 9.87. The second-order valence-corrected chi connectivity index (χ2v) is 26.6. The summed E-state index contributed by atoms with van der Waals surface area (Å²) in [6.07, 6.45) is -2.05. The maximum absolute atomic E-state index is 15.9. The Kier molecular flexibility index (Phi) is 26.1. The van der Waals surface area contributed by atoms with Crippen molar-refractivity contribution in [1.82, 2.24) is 19.6 Å². The summed E-state index contributed by atoms with van der Waals surface area (Å²) in [5.41, 5.74) is -1.67. The van der Waals surface area contributed by atoms with Crippen LogP contribution in [-0.4, -0.2) is 190 Å². The minimum atomic E-state index is -2.11. The molecule has 4 rings (SSSR count). The van der Waals surface area contributed by atoms with Gasteiger partial charge >= 0.3 is 23.9 Å². The van der Waals surface area contributed by atoms with Crippen molar-refractivity contribution < 1.29 is 75.6 Å². The standard InChI is InChI=1S/C64H96F2N4O14/c1-41(82-59(77)50(38-62(5,6)7)70(16)56(74)52(83-58(76)48(67(12)13)39-63(8,9)65)35-42-17-21-44(22-18-42)46-25-30-79-31-26-46)54(72)68(14)51(40-64(10,11)66)60(78)84-53(36-43-19-23-45(24-20-43)47-27-32-80-33-28-47)55(73)69(15)49(37-61(2,3)4)57(75)81-34-29-71/h17-24,29,41,46-53H,25-28,30-40H2,1-16H3/t41-,48?,49?,50?,51?,52-,53-/m1/s1. The summed E-state index contributed by atoms with van der Waals surface area (Å²) in [6.45, 7) is 19.4. The number of halogens is 2. The Morgan fingerprint density at radius 1 is 0.512 bits per heavy atom. The molecule has 3 amide bonds. The molecule has 7 atom stereocenters. The minimum Gasteiger partial charge on any atom is -0.456 e. The van der Waals surface area contributed by atoms with Crippen LogP contribution in [-0.2, 0) is 79.6 Å². The molecule has 4 unspecified atom stereocenters. The van der Waals surface area contributed by atoms with Crippen molar-refractivity contribution in [2.45, 2.75) is 206 Å². The third-order valence-corrected chi connectivity index (χ3v) is 15.3. The number of esters is 4. The zero-order valence-corrected chi connectivity index (χ0v) is 52.8. The van der Waals surface area contributed by atoms with Crippen LogP contribution in [0.4, 0.5) is 8.78 Å². The number of nitrogens with zero attached hydrogens (tertiary/aromatic N) is 4. The van der Waals surface area contributed by atoms with Crippen molar-refractivity contribution in [3.05, 3.63) is 70.8 Å². The quantitative estimate of drug-likeness (QED) is 0.0446. The molecule has 20 heteroatoms. The van der Waals surface area contributed by atoms with Gasteiger partial charge in [0.15, 0.2) is 24.6 Å². The van der Waals surface area contributed by atoms with Gasteiger partial charge in [-0.2, -0.15) is 0 Å². The molecule has 0 N–H and O–H groups in total. The average Bonchev–Trinajstić information content (AvgIpc) is 3.64. The van der Waals surface area contributed by atoms with Gasteiger partial charge in [-0.1, -0.05) is 90.1 Å². The Labute approximate surface area is 497 Å². The molecule has 2 saturated heterocycles. The Hall–Kier alpha value is -5.86. The molecular weight excluding hydrogens is 1090 g/mol. The average molecular weight is 1180 g/mol. The molecule has 2 aromatic carbocycles. The van der Waals surface area contributed by atoms with Crippen LogP contribution in [0.15, 0.2) is 48.5 Å². The van der Waals surface area contributed by atoms with Gasteiger partial charge in [-0.05, 0) is 132 Å². The Morgan fingerprint density at radius 3 is 1.20 bits per heavy atom. The Balaban J connectivity index is 1.67. The van der Waals surface area contributed by atoms with Gasteiger partial charge in [0.1, 0.15) is 42.1 Å². The minimum absolute atomic E-state index is 0.000193. The number of likely N-dealkylation sites (N-methyl/N-ethyl adjacent to an activating group) is 4. The lowest BCUT2D eigenvalue weighted by Gasteiger charge is -2.36. The lowest BCUT2D eigenvalue weighted by molar-refractivity contribution is -0.174. The third-order valence-electron chi connectivity index (χ3n) is 15.3. The molecule has 0 bridgehead atoms. The largest absolute Gasteiger partial charge is 0.456 e. The predicted molar refractivity (Wildman–Crippen MR) is 313 cm³/mol. The highest BCUT2D eigenvalue weighted by molar-refractivity contribution is 5.93. The van der Waals surface area contributed by atoms with Gasteiger partial charge in [0, 0.05) is 73.3 Å². The van der Waals surface area contributed by atoms with Crippen LogP contribution in [0.3, 0.4) is 0 Å². The first kappa shape index (κ1) is 70.6. The van der Waals surface area contributed by atoms with Crippen LogP contribution in [0.5, 0.6) is 0 Å². The molecule has 0 aliphatic carbocycles. The zero-order valence-electron chi connectivity index (χ0n) is 52.8. The molecule has 2 fully saturated rings. The second kappa shape index (κ2) is 31.0. The third kappa shape index (κ3) is 22.5. The van der Waals surface area contributed by atoms with E-state index in [9.17, 15) is 38.4 Å². The van der Waals surface area contributed by atoms with Gasteiger partial charge in [-0.25, -0.2) is 23.2 Å². The summed E-state index contributed by atoms with van der Waals surface area (Å²) in [7, 11) is 7.15. The number of benzene rings is 2. The Bertz CT molecular complexity index is 2500. The molecule has 2 aromatic rings. The number of rotatable bonds is 28. The van der Waals surface area contributed by atoms with Crippen LogP contribution in [0.25, 0.3) is 0 Å². The van der Waals surface area contributed by atoms with E-state index in [4.69, 9.17) is 28.4 Å². The number of aldehydes is 1. The molecule has 2 aliphatic rings. The van der Waals surface area contributed by atoms with Crippen molar-refractivity contribution in [3.63, 3.8) is 0 Å². The molecule has 18 nitrogen and oxygen atoms in total. The number of hydrogen-bond donors (Lipinski definition) is 0. The topological polar surface area (TPSA) is 205 Å². The number of carbonyl (C=O) groups excluding carboxylic acids is 8. The fourth-order valence-corrected chi connectivity index (χ4v) is 10.5. The summed E-state index contributed by atoms with van der Waals surface area (Å²) in [4.78, 5) is 117. The van der Waals surface area contributed by atoms with E-state index in [-0.39, 0.29) is 43.9 Å². The van der Waals surface area contributed by atoms with Gasteiger partial charge in [0.05, 0.1) is 0 Å². The molecule has 470 valence electrons. The summed E-state index contributed by atoms with van der Waals surface area (Å²) < 4.78 is 65.3. The summed E-state index contributed by atoms with van der Waals surface area (Å²) >= 11 is 0. The van der Waals surface area contributed by atoms with Crippen molar-refractivity contribution in [2.24, 2.45) is 10.8 Å². The van der Waals surface area contributed by atoms with Gasteiger partial charge in [0.2, 0.25) is 0 Å². The highest BCUT2D eigenvalue weighted by Gasteiger charge is 2.44. The summed E-state index contributed by atoms with van der Waals surface area (Å²) in [5, 5.41) is 0. The van der Waals surface area contributed by atoms with Gasteiger partial charge < -0.3 is 43.1 Å². The van der Waals surface area contributed by atoms with Crippen molar-refractivity contribution in [3.8, 4) is 0 Å². The molecule has 0 radical (unpaired) electrons. The maximum Gasteiger partial charge on any atom is 0.329 e. The number of amides is 3. The van der Waals surface area contributed by atoms with E-state index in [1.807, 2.05) is 90.1 Å². The van der Waals surface area contributed by atoms with Crippen molar-refractivity contribution >= 4 is 47.9 Å². The fourth-order valence-electron chi connectivity index (χ4n) is 10.5. The van der Waals surface area contributed by atoms with Crippen LogP contribution in [0, 0.1) is 10.8 Å². The predicted octanol–water partition coefficient (Wildman–Crippen LogP) is 8.32. The van der Waals surface area contributed by atoms with Crippen molar-refractivity contribution in [2.75, 3.05) is 68.3 Å². The normalized spacial score (nSPS) is 17.3. The van der Waals surface area contributed by atoms with Crippen LogP contribution in [0.1, 0.15) is 162 Å². The zero-order chi connectivity index (χ0) is 63.1. The summed E-state index contributed by atoms with van der Waals surface area (Å²) in [6, 6.07) is 9.75. The lowest BCUT2D eigenvalue weighted by Crippen LogP contribution is -2.54. The maximum atomic E-state index is 15.9. The Morgan fingerprint density at radius 2 is 0.845 bits per heavy atom.